The summed E-state index contributed by atoms with van der Waals surface area (Å²) in [6, 6.07) is 0. The van der Waals surface area contributed by atoms with Crippen molar-refractivity contribution in [3.63, 3.8) is 0 Å². The van der Waals surface area contributed by atoms with E-state index in [1.165, 1.54) is 0 Å². The number of hydrogen-bond donors (Lipinski definition) is 0. The Bertz CT molecular complexity index is 171. The first-order chi connectivity index (χ1) is 3.80. The molecule has 0 radical (unpaired) electrons. The van der Waals surface area contributed by atoms with E-state index in [0.29, 0.717) is 0 Å². The SMILES string of the molecule is [O-][n+]1nccnc1F. The number of nitrogens with zero attached hydrogens (tertiary/aromatic N) is 3. The third-order valence-electron chi connectivity index (χ3n) is 0.577. The van der Waals surface area contributed by atoms with Crippen molar-refractivity contribution >= 4 is 0 Å². The van der Waals surface area contributed by atoms with E-state index in [1.54, 1.807) is 0 Å². The summed E-state index contributed by atoms with van der Waals surface area (Å²) in [4.78, 5) is 2.81. The maximum absolute atomic E-state index is 11.8. The summed E-state index contributed by atoms with van der Waals surface area (Å²) in [7, 11) is 0. The fourth-order valence-electron chi connectivity index (χ4n) is 0.282. The molecule has 0 aliphatic heterocycles. The molecule has 5 heteroatoms. The lowest BCUT2D eigenvalue weighted by Crippen LogP contribution is -2.36. The van der Waals surface area contributed by atoms with E-state index >= 15 is 0 Å². The molecule has 1 aromatic rings. The lowest BCUT2D eigenvalue weighted by atomic mass is 10.9. The van der Waals surface area contributed by atoms with Crippen molar-refractivity contribution in [1.29, 1.82) is 0 Å². The highest BCUT2D eigenvalue weighted by Crippen LogP contribution is 1.73. The van der Waals surface area contributed by atoms with E-state index in [0.717, 1.165) is 12.4 Å². The highest BCUT2D eigenvalue weighted by molar-refractivity contribution is 4.57. The molecule has 0 N–H and O–H groups in total. The second-order valence-corrected chi connectivity index (χ2v) is 1.08. The Hall–Kier alpha value is -1.26. The van der Waals surface area contributed by atoms with Crippen LogP contribution < -0.4 is 4.85 Å². The predicted octanol–water partition coefficient (Wildman–Crippen LogP) is -0.751. The minimum absolute atomic E-state index is 0.194. The van der Waals surface area contributed by atoms with Gasteiger partial charge in [0.25, 0.3) is 0 Å². The van der Waals surface area contributed by atoms with Gasteiger partial charge in [0, 0.05) is 0 Å². The van der Waals surface area contributed by atoms with Gasteiger partial charge in [-0.3, -0.25) is 0 Å². The topological polar surface area (TPSA) is 52.7 Å². The van der Waals surface area contributed by atoms with E-state index in [4.69, 9.17) is 0 Å². The van der Waals surface area contributed by atoms with Crippen LogP contribution in [0.25, 0.3) is 0 Å². The Labute approximate surface area is 44.2 Å². The molecule has 1 aromatic heterocycles. The van der Waals surface area contributed by atoms with Crippen molar-refractivity contribution in [3.8, 4) is 0 Å². The first-order valence-corrected chi connectivity index (χ1v) is 1.87. The van der Waals surface area contributed by atoms with Gasteiger partial charge in [0.15, 0.2) is 6.20 Å². The Morgan fingerprint density at radius 3 is 2.75 bits per heavy atom. The minimum atomic E-state index is -1.13. The molecule has 0 bridgehead atoms. The van der Waals surface area contributed by atoms with Gasteiger partial charge in [0.05, 0.1) is 0 Å². The third kappa shape index (κ3) is 0.699. The highest BCUT2D eigenvalue weighted by Gasteiger charge is 2.00. The number of halogens is 1. The van der Waals surface area contributed by atoms with E-state index in [2.05, 4.69) is 10.1 Å². The second-order valence-electron chi connectivity index (χ2n) is 1.08. The Kier molecular flexibility index (Phi) is 1.03. The van der Waals surface area contributed by atoms with Crippen LogP contribution in [0.4, 0.5) is 4.39 Å². The summed E-state index contributed by atoms with van der Waals surface area (Å²) in [6.07, 6.45) is 1.08. The molecule has 4 nitrogen and oxygen atoms in total. The Morgan fingerprint density at radius 2 is 2.38 bits per heavy atom. The molecule has 1 heterocycles. The zero-order valence-electron chi connectivity index (χ0n) is 3.78. The van der Waals surface area contributed by atoms with Gasteiger partial charge in [-0.25, -0.2) is 0 Å². The molecule has 42 valence electrons. The molecular weight excluding hydrogens is 113 g/mol. The monoisotopic (exact) mass is 115 g/mol. The summed E-state index contributed by atoms with van der Waals surface area (Å²) < 4.78 is 11.8. The molecule has 0 atom stereocenters. The van der Waals surface area contributed by atoms with Crippen LogP contribution in [-0.2, 0) is 0 Å². The van der Waals surface area contributed by atoms with Crippen molar-refractivity contribution in [2.24, 2.45) is 0 Å². The average molecular weight is 115 g/mol. The molecule has 0 aliphatic rings. The molecule has 0 aliphatic carbocycles. The Morgan fingerprint density at radius 1 is 1.62 bits per heavy atom. The van der Waals surface area contributed by atoms with Crippen LogP contribution in [0, 0.1) is 11.3 Å². The number of hydrogen-bond acceptors (Lipinski definition) is 3. The maximum atomic E-state index is 11.8. The fraction of sp³-hybridized carbons (Fsp3) is 0. The second kappa shape index (κ2) is 1.69. The van der Waals surface area contributed by atoms with Crippen LogP contribution in [-0.4, -0.2) is 10.1 Å². The van der Waals surface area contributed by atoms with Crippen LogP contribution in [0.3, 0.4) is 0 Å². The summed E-state index contributed by atoms with van der Waals surface area (Å²) >= 11 is 0. The first-order valence-electron chi connectivity index (χ1n) is 1.87. The van der Waals surface area contributed by atoms with Gasteiger partial charge in [-0.1, -0.05) is 9.94 Å². The molecule has 0 saturated carbocycles. The molecule has 0 amide bonds. The van der Waals surface area contributed by atoms with Crippen molar-refractivity contribution in [1.82, 2.24) is 10.1 Å². The quantitative estimate of drug-likeness (QED) is 0.330. The fourth-order valence-corrected chi connectivity index (χ4v) is 0.282. The molecule has 0 fully saturated rings. The molecule has 0 saturated heterocycles. The molecule has 8 heavy (non-hydrogen) atoms. The summed E-state index contributed by atoms with van der Waals surface area (Å²) in [5.74, 6) is 0. The van der Waals surface area contributed by atoms with E-state index in [1.807, 2.05) is 0 Å². The van der Waals surface area contributed by atoms with Crippen LogP contribution in [0.5, 0.6) is 0 Å². The van der Waals surface area contributed by atoms with Gasteiger partial charge in [0.1, 0.15) is 6.20 Å². The van der Waals surface area contributed by atoms with Gasteiger partial charge in [-0.05, 0) is 4.98 Å². The predicted molar refractivity (Wildman–Crippen MR) is 20.9 cm³/mol. The molecule has 0 spiro atoms. The van der Waals surface area contributed by atoms with Crippen molar-refractivity contribution < 1.29 is 9.24 Å². The maximum Gasteiger partial charge on any atom is 0.513 e. The van der Waals surface area contributed by atoms with Crippen LogP contribution >= 0.6 is 0 Å². The van der Waals surface area contributed by atoms with Crippen molar-refractivity contribution in [2.75, 3.05) is 0 Å². The standard InChI is InChI=1S/C3H2FN3O/c4-3-5-1-2-6-7(3)8/h1-2H. The largest absolute Gasteiger partial charge is 0.689 e. The molecule has 1 rings (SSSR count). The van der Waals surface area contributed by atoms with Crippen LogP contribution in [0.2, 0.25) is 0 Å². The van der Waals surface area contributed by atoms with E-state index in [9.17, 15) is 9.60 Å². The van der Waals surface area contributed by atoms with Crippen molar-refractivity contribution in [2.45, 2.75) is 0 Å². The lowest BCUT2D eigenvalue weighted by molar-refractivity contribution is -0.702. The molecule has 0 unspecified atom stereocenters. The molecular formula is C3H2FN3O. The van der Waals surface area contributed by atoms with Gasteiger partial charge in [-0.2, -0.15) is 0 Å². The average Bonchev–Trinajstić information content (AvgIpc) is 1.77. The molecule has 0 aromatic carbocycles. The number of rotatable bonds is 0. The highest BCUT2D eigenvalue weighted by atomic mass is 19.1. The van der Waals surface area contributed by atoms with Crippen LogP contribution in [0.1, 0.15) is 0 Å². The normalized spacial score (nSPS) is 9.12. The lowest BCUT2D eigenvalue weighted by Gasteiger charge is -1.91. The smallest absolute Gasteiger partial charge is 0.513 e. The van der Waals surface area contributed by atoms with Gasteiger partial charge in [0.2, 0.25) is 0 Å². The van der Waals surface area contributed by atoms with Crippen LogP contribution in [0.15, 0.2) is 12.4 Å². The zero-order chi connectivity index (χ0) is 5.98. The summed E-state index contributed by atoms with van der Waals surface area (Å²) in [5, 5.41) is 13.0. The van der Waals surface area contributed by atoms with Gasteiger partial charge < -0.3 is 5.21 Å². The Balaban J connectivity index is 3.13. The van der Waals surface area contributed by atoms with Gasteiger partial charge >= 0.3 is 6.08 Å². The summed E-state index contributed by atoms with van der Waals surface area (Å²) in [6.45, 7) is 0. The third-order valence-corrected chi connectivity index (χ3v) is 0.577. The summed E-state index contributed by atoms with van der Waals surface area (Å²) in [5.41, 5.74) is 0. The number of aromatic nitrogens is 3. The van der Waals surface area contributed by atoms with Crippen molar-refractivity contribution in [3.05, 3.63) is 23.7 Å². The minimum Gasteiger partial charge on any atom is -0.689 e. The van der Waals surface area contributed by atoms with E-state index in [-0.39, 0.29) is 4.85 Å². The first kappa shape index (κ1) is 4.89. The van der Waals surface area contributed by atoms with Gasteiger partial charge in [-0.15, -0.1) is 4.39 Å². The zero-order valence-corrected chi connectivity index (χ0v) is 3.78. The van der Waals surface area contributed by atoms with E-state index < -0.39 is 6.08 Å².